The highest BCUT2D eigenvalue weighted by molar-refractivity contribution is 6.30. The minimum Gasteiger partial charge on any atom is -0.330 e. The molecule has 104 valence electrons. The van der Waals surface area contributed by atoms with Crippen LogP contribution in [0, 0.1) is 15.5 Å². The van der Waals surface area contributed by atoms with Crippen molar-refractivity contribution in [2.45, 2.75) is 19.9 Å². The van der Waals surface area contributed by atoms with Crippen molar-refractivity contribution in [3.05, 3.63) is 38.9 Å². The summed E-state index contributed by atoms with van der Waals surface area (Å²) < 4.78 is 0. The summed E-state index contributed by atoms with van der Waals surface area (Å²) in [6, 6.07) is 4.84. The highest BCUT2D eigenvalue weighted by Crippen LogP contribution is 2.31. The van der Waals surface area contributed by atoms with Crippen LogP contribution in [0.3, 0.4) is 0 Å². The molecule has 1 aliphatic rings. The van der Waals surface area contributed by atoms with Gasteiger partial charge < -0.3 is 5.73 Å². The SMILES string of the molecule is CC1(CN)CCN(Cc2ccc(Cl)cc2[N+](=O)[O-])C1. The third kappa shape index (κ3) is 3.23. The predicted molar refractivity (Wildman–Crippen MR) is 75.2 cm³/mol. The highest BCUT2D eigenvalue weighted by atomic mass is 35.5. The highest BCUT2D eigenvalue weighted by Gasteiger charge is 2.33. The lowest BCUT2D eigenvalue weighted by molar-refractivity contribution is -0.385. The average molecular weight is 284 g/mol. The largest absolute Gasteiger partial charge is 0.330 e. The second kappa shape index (κ2) is 5.45. The van der Waals surface area contributed by atoms with Crippen LogP contribution in [0.5, 0.6) is 0 Å². The number of halogens is 1. The van der Waals surface area contributed by atoms with Crippen molar-refractivity contribution in [3.63, 3.8) is 0 Å². The molecule has 2 rings (SSSR count). The normalized spacial score (nSPS) is 23.7. The van der Waals surface area contributed by atoms with Gasteiger partial charge >= 0.3 is 0 Å². The number of rotatable bonds is 4. The number of benzene rings is 1. The van der Waals surface area contributed by atoms with Crippen molar-refractivity contribution in [3.8, 4) is 0 Å². The first-order valence-corrected chi connectivity index (χ1v) is 6.66. The van der Waals surface area contributed by atoms with Crippen molar-refractivity contribution in [1.82, 2.24) is 4.90 Å². The van der Waals surface area contributed by atoms with E-state index >= 15 is 0 Å². The van der Waals surface area contributed by atoms with Crippen molar-refractivity contribution < 1.29 is 4.92 Å². The van der Waals surface area contributed by atoms with E-state index in [-0.39, 0.29) is 16.0 Å². The van der Waals surface area contributed by atoms with Gasteiger partial charge in [0.25, 0.3) is 5.69 Å². The van der Waals surface area contributed by atoms with Gasteiger partial charge in [0.2, 0.25) is 0 Å². The molecule has 0 bridgehead atoms. The molecule has 1 aromatic rings. The van der Waals surface area contributed by atoms with Crippen LogP contribution < -0.4 is 5.73 Å². The Morgan fingerprint density at radius 2 is 2.32 bits per heavy atom. The lowest BCUT2D eigenvalue weighted by Crippen LogP contribution is -2.31. The van der Waals surface area contributed by atoms with Crippen LogP contribution in [0.25, 0.3) is 0 Å². The van der Waals surface area contributed by atoms with E-state index in [1.807, 2.05) is 0 Å². The van der Waals surface area contributed by atoms with E-state index in [0.29, 0.717) is 23.7 Å². The summed E-state index contributed by atoms with van der Waals surface area (Å²) in [5.74, 6) is 0. The average Bonchev–Trinajstić information content (AvgIpc) is 2.74. The smallest absolute Gasteiger partial charge is 0.275 e. The van der Waals surface area contributed by atoms with Crippen molar-refractivity contribution in [2.24, 2.45) is 11.1 Å². The minimum atomic E-state index is -0.376. The summed E-state index contributed by atoms with van der Waals surface area (Å²) in [6.45, 7) is 5.18. The topological polar surface area (TPSA) is 72.4 Å². The summed E-state index contributed by atoms with van der Waals surface area (Å²) in [5, 5.41) is 11.4. The Bertz CT molecular complexity index is 495. The zero-order chi connectivity index (χ0) is 14.0. The monoisotopic (exact) mass is 283 g/mol. The first kappa shape index (κ1) is 14.2. The molecular formula is C13H18ClN3O2. The van der Waals surface area contributed by atoms with E-state index in [0.717, 1.165) is 19.5 Å². The molecule has 6 heteroatoms. The molecule has 0 amide bonds. The second-order valence-electron chi connectivity index (χ2n) is 5.51. The van der Waals surface area contributed by atoms with Gasteiger partial charge in [-0.05, 0) is 37.1 Å². The van der Waals surface area contributed by atoms with Crippen molar-refractivity contribution in [1.29, 1.82) is 0 Å². The van der Waals surface area contributed by atoms with E-state index in [4.69, 9.17) is 17.3 Å². The Kier molecular flexibility index (Phi) is 4.08. The fourth-order valence-electron chi connectivity index (χ4n) is 2.51. The fraction of sp³-hybridized carbons (Fsp3) is 0.538. The molecule has 1 heterocycles. The van der Waals surface area contributed by atoms with Crippen LogP contribution in [-0.2, 0) is 6.54 Å². The van der Waals surface area contributed by atoms with Crippen molar-refractivity contribution >= 4 is 17.3 Å². The predicted octanol–water partition coefficient (Wildman–Crippen LogP) is 2.42. The molecule has 1 unspecified atom stereocenters. The number of nitro benzene ring substituents is 1. The molecule has 1 fully saturated rings. The quantitative estimate of drug-likeness (QED) is 0.680. The van der Waals surface area contributed by atoms with Crippen LogP contribution in [0.2, 0.25) is 5.02 Å². The van der Waals surface area contributed by atoms with Crippen molar-refractivity contribution in [2.75, 3.05) is 19.6 Å². The summed E-state index contributed by atoms with van der Waals surface area (Å²) in [6.07, 6.45) is 1.03. The van der Waals surface area contributed by atoms with Crippen LogP contribution >= 0.6 is 11.6 Å². The van der Waals surface area contributed by atoms with Gasteiger partial charge in [0, 0.05) is 29.7 Å². The van der Waals surface area contributed by atoms with Crippen LogP contribution in [0.15, 0.2) is 18.2 Å². The lowest BCUT2D eigenvalue weighted by atomic mass is 9.90. The first-order chi connectivity index (χ1) is 8.93. The molecule has 0 aromatic heterocycles. The van der Waals surface area contributed by atoms with Crippen LogP contribution in [0.4, 0.5) is 5.69 Å². The molecule has 1 atom stereocenters. The summed E-state index contributed by atoms with van der Waals surface area (Å²) in [7, 11) is 0. The van der Waals surface area contributed by atoms with Gasteiger partial charge in [0.1, 0.15) is 0 Å². The van der Waals surface area contributed by atoms with E-state index in [1.54, 1.807) is 12.1 Å². The summed E-state index contributed by atoms with van der Waals surface area (Å²) in [4.78, 5) is 12.9. The lowest BCUT2D eigenvalue weighted by Gasteiger charge is -2.22. The van der Waals surface area contributed by atoms with E-state index in [1.165, 1.54) is 6.07 Å². The Hall–Kier alpha value is -1.17. The maximum absolute atomic E-state index is 11.0. The maximum Gasteiger partial charge on any atom is 0.275 e. The molecule has 0 radical (unpaired) electrons. The molecule has 0 aliphatic carbocycles. The minimum absolute atomic E-state index is 0.0915. The Morgan fingerprint density at radius 3 is 2.89 bits per heavy atom. The zero-order valence-electron chi connectivity index (χ0n) is 10.9. The Morgan fingerprint density at radius 1 is 1.58 bits per heavy atom. The fourth-order valence-corrected chi connectivity index (χ4v) is 2.68. The molecule has 2 N–H and O–H groups in total. The maximum atomic E-state index is 11.0. The van der Waals surface area contributed by atoms with Crippen LogP contribution in [0.1, 0.15) is 18.9 Å². The number of nitrogens with zero attached hydrogens (tertiary/aromatic N) is 2. The number of nitro groups is 1. The molecular weight excluding hydrogens is 266 g/mol. The van der Waals surface area contributed by atoms with Gasteiger partial charge in [-0.1, -0.05) is 18.5 Å². The van der Waals surface area contributed by atoms with Gasteiger partial charge in [0.15, 0.2) is 0 Å². The molecule has 1 saturated heterocycles. The first-order valence-electron chi connectivity index (χ1n) is 6.29. The van der Waals surface area contributed by atoms with Crippen LogP contribution in [-0.4, -0.2) is 29.5 Å². The Balaban J connectivity index is 2.14. The summed E-state index contributed by atoms with van der Waals surface area (Å²) in [5.41, 5.74) is 6.69. The number of hydrogen-bond acceptors (Lipinski definition) is 4. The molecule has 1 aromatic carbocycles. The third-order valence-corrected chi connectivity index (χ3v) is 4.00. The molecule has 5 nitrogen and oxygen atoms in total. The zero-order valence-corrected chi connectivity index (χ0v) is 11.7. The molecule has 0 saturated carbocycles. The molecule has 1 aliphatic heterocycles. The van der Waals surface area contributed by atoms with E-state index in [9.17, 15) is 10.1 Å². The van der Waals surface area contributed by atoms with Gasteiger partial charge in [-0.3, -0.25) is 15.0 Å². The van der Waals surface area contributed by atoms with E-state index in [2.05, 4.69) is 11.8 Å². The van der Waals surface area contributed by atoms with E-state index < -0.39 is 0 Å². The number of nitrogens with two attached hydrogens (primary N) is 1. The van der Waals surface area contributed by atoms with Gasteiger partial charge in [0.05, 0.1) is 4.92 Å². The summed E-state index contributed by atoms with van der Waals surface area (Å²) >= 11 is 5.81. The number of likely N-dealkylation sites (tertiary alicyclic amines) is 1. The molecule has 19 heavy (non-hydrogen) atoms. The number of hydrogen-bond donors (Lipinski definition) is 1. The second-order valence-corrected chi connectivity index (χ2v) is 5.94. The van der Waals surface area contributed by atoms with Gasteiger partial charge in [-0.2, -0.15) is 0 Å². The third-order valence-electron chi connectivity index (χ3n) is 3.77. The molecule has 0 spiro atoms. The Labute approximate surface area is 117 Å². The van der Waals surface area contributed by atoms with Gasteiger partial charge in [-0.15, -0.1) is 0 Å². The standard InChI is InChI=1S/C13H18ClN3O2/c1-13(8-15)4-5-16(9-13)7-10-2-3-11(14)6-12(10)17(18)19/h2-3,6H,4-5,7-9,15H2,1H3. The van der Waals surface area contributed by atoms with Gasteiger partial charge in [-0.25, -0.2) is 0 Å².